The van der Waals surface area contributed by atoms with Crippen LogP contribution in [0.2, 0.25) is 0 Å². The molecule has 0 bridgehead atoms. The van der Waals surface area contributed by atoms with Crippen molar-refractivity contribution in [1.82, 2.24) is 0 Å². The van der Waals surface area contributed by atoms with Gasteiger partial charge in [-0.3, -0.25) is 14.3 Å². The molecule has 0 aliphatic carbocycles. The third-order valence-corrected chi connectivity index (χ3v) is 5.48. The van der Waals surface area contributed by atoms with Crippen LogP contribution in [0.1, 0.15) is 27.0 Å². The number of fused-ring (bicyclic) bond motifs is 1. The Hall–Kier alpha value is -2.82. The molecule has 10 heteroatoms. The average molecular weight is 392 g/mol. The number of aromatic carboxylic acids is 1. The molecule has 2 N–H and O–H groups in total. The highest BCUT2D eigenvalue weighted by Crippen LogP contribution is 2.45. The number of hydrogen-bond donors (Lipinski definition) is 2. The maximum Gasteiger partial charge on any atom is 0.336 e. The Balaban J connectivity index is 2.12. The first kappa shape index (κ1) is 19.0. The maximum atomic E-state index is 11.9. The third-order valence-electron chi connectivity index (χ3n) is 4.47. The van der Waals surface area contributed by atoms with Gasteiger partial charge in [-0.15, -0.1) is 0 Å². The SMILES string of the molecule is Cc1ccc(C(O)(C2Cc3c(C(=O)O)ccc([N+](=O)[O-])c3O2)S(=O)[O-])cc1. The van der Waals surface area contributed by atoms with E-state index in [1.807, 2.05) is 0 Å². The van der Waals surface area contributed by atoms with Crippen molar-refractivity contribution in [3.05, 3.63) is 68.8 Å². The topological polar surface area (TPSA) is 150 Å². The quantitative estimate of drug-likeness (QED) is 0.443. The van der Waals surface area contributed by atoms with E-state index >= 15 is 0 Å². The number of nitrogens with zero attached hydrogens (tertiary/aromatic N) is 1. The Kier molecular flexibility index (Phi) is 4.72. The molecule has 0 saturated heterocycles. The van der Waals surface area contributed by atoms with Crippen LogP contribution in [0.15, 0.2) is 36.4 Å². The number of carboxylic acid groups (broad SMARTS) is 1. The number of hydrogen-bond acceptors (Lipinski definition) is 7. The molecule has 3 unspecified atom stereocenters. The van der Waals surface area contributed by atoms with Gasteiger partial charge in [0.2, 0.25) is 5.75 Å². The van der Waals surface area contributed by atoms with Crippen molar-refractivity contribution >= 4 is 22.7 Å². The summed E-state index contributed by atoms with van der Waals surface area (Å²) in [6.07, 6.45) is -1.77. The van der Waals surface area contributed by atoms with Crippen LogP contribution >= 0.6 is 0 Å². The molecule has 1 aliphatic rings. The molecular formula is C17H14NO8S-. The van der Waals surface area contributed by atoms with Crippen molar-refractivity contribution in [2.24, 2.45) is 0 Å². The summed E-state index contributed by atoms with van der Waals surface area (Å²) in [5.41, 5.74) is 0.0649. The van der Waals surface area contributed by atoms with Crippen LogP contribution in [0, 0.1) is 17.0 Å². The van der Waals surface area contributed by atoms with Crippen molar-refractivity contribution in [2.75, 3.05) is 0 Å². The van der Waals surface area contributed by atoms with Gasteiger partial charge in [0.1, 0.15) is 6.10 Å². The lowest BCUT2D eigenvalue weighted by Gasteiger charge is -2.35. The first-order valence-electron chi connectivity index (χ1n) is 7.75. The van der Waals surface area contributed by atoms with Gasteiger partial charge in [-0.1, -0.05) is 29.8 Å². The zero-order valence-electron chi connectivity index (χ0n) is 13.9. The fraction of sp³-hybridized carbons (Fsp3) is 0.235. The van der Waals surface area contributed by atoms with E-state index in [-0.39, 0.29) is 28.9 Å². The summed E-state index contributed by atoms with van der Waals surface area (Å²) in [5.74, 6) is -1.69. The van der Waals surface area contributed by atoms with Gasteiger partial charge in [0.15, 0.2) is 4.93 Å². The second kappa shape index (κ2) is 6.72. The summed E-state index contributed by atoms with van der Waals surface area (Å²) in [4.78, 5) is 19.4. The van der Waals surface area contributed by atoms with Gasteiger partial charge in [-0.2, -0.15) is 0 Å². The molecule has 0 amide bonds. The highest BCUT2D eigenvalue weighted by atomic mass is 32.2. The number of rotatable bonds is 5. The van der Waals surface area contributed by atoms with E-state index in [0.717, 1.165) is 17.7 Å². The van der Waals surface area contributed by atoms with Gasteiger partial charge in [0, 0.05) is 18.1 Å². The van der Waals surface area contributed by atoms with Crippen LogP contribution in [0.3, 0.4) is 0 Å². The molecule has 3 rings (SSSR count). The highest BCUT2D eigenvalue weighted by molar-refractivity contribution is 7.80. The van der Waals surface area contributed by atoms with Gasteiger partial charge >= 0.3 is 11.7 Å². The van der Waals surface area contributed by atoms with Crippen LogP contribution in [-0.4, -0.2) is 36.0 Å². The highest BCUT2D eigenvalue weighted by Gasteiger charge is 2.48. The van der Waals surface area contributed by atoms with Gasteiger partial charge in [-0.25, -0.2) is 4.79 Å². The predicted octanol–water partition coefficient (Wildman–Crippen LogP) is 1.63. The summed E-state index contributed by atoms with van der Waals surface area (Å²) in [6.45, 7) is 1.78. The van der Waals surface area contributed by atoms with E-state index in [2.05, 4.69) is 0 Å². The molecule has 142 valence electrons. The molecule has 27 heavy (non-hydrogen) atoms. The zero-order chi connectivity index (χ0) is 19.9. The summed E-state index contributed by atoms with van der Waals surface area (Å²) in [6, 6.07) is 8.04. The predicted molar refractivity (Wildman–Crippen MR) is 92.2 cm³/mol. The van der Waals surface area contributed by atoms with E-state index in [0.29, 0.717) is 0 Å². The van der Waals surface area contributed by atoms with Crippen LogP contribution in [0.25, 0.3) is 0 Å². The molecule has 2 aromatic rings. The Morgan fingerprint density at radius 3 is 2.44 bits per heavy atom. The fourth-order valence-corrected chi connectivity index (χ4v) is 3.74. The maximum absolute atomic E-state index is 11.9. The Morgan fingerprint density at radius 2 is 1.93 bits per heavy atom. The van der Waals surface area contributed by atoms with Gasteiger partial charge in [0.25, 0.3) is 0 Å². The molecule has 1 aliphatic heterocycles. The number of benzene rings is 2. The minimum absolute atomic E-state index is 0.0127. The molecule has 9 nitrogen and oxygen atoms in total. The second-order valence-electron chi connectivity index (χ2n) is 6.11. The van der Waals surface area contributed by atoms with Gasteiger partial charge in [0.05, 0.1) is 10.5 Å². The van der Waals surface area contributed by atoms with Crippen molar-refractivity contribution in [3.63, 3.8) is 0 Å². The number of aliphatic hydroxyl groups is 1. The third kappa shape index (κ3) is 3.07. The van der Waals surface area contributed by atoms with E-state index in [1.54, 1.807) is 19.1 Å². The number of nitro groups is 1. The standard InChI is InChI=1S/C17H15NO8S/c1-9-2-4-10(5-3-9)17(21,27(24)25)14-8-12-11(16(19)20)6-7-13(18(22)23)15(12)26-14/h2-7,14,21H,8H2,1H3,(H,19,20)(H,24,25)/p-1. The van der Waals surface area contributed by atoms with Crippen LogP contribution < -0.4 is 4.74 Å². The summed E-state index contributed by atoms with van der Waals surface area (Å²) in [5, 5.41) is 31.5. The van der Waals surface area contributed by atoms with Crippen LogP contribution in [0.5, 0.6) is 5.75 Å². The lowest BCUT2D eigenvalue weighted by atomic mass is 9.96. The molecule has 0 spiro atoms. The number of carboxylic acids is 1. The molecule has 0 fully saturated rings. The minimum atomic E-state index is -3.08. The number of nitro benzene ring substituents is 1. The molecule has 3 atom stereocenters. The summed E-state index contributed by atoms with van der Waals surface area (Å²) < 4.78 is 29.3. The van der Waals surface area contributed by atoms with Crippen molar-refractivity contribution in [2.45, 2.75) is 24.4 Å². The Bertz CT molecular complexity index is 915. The molecule has 2 aromatic carbocycles. The van der Waals surface area contributed by atoms with Gasteiger partial charge < -0.3 is 19.5 Å². The minimum Gasteiger partial charge on any atom is -0.770 e. The largest absolute Gasteiger partial charge is 0.770 e. The lowest BCUT2D eigenvalue weighted by Crippen LogP contribution is -2.46. The molecule has 0 saturated carbocycles. The monoisotopic (exact) mass is 392 g/mol. The van der Waals surface area contributed by atoms with E-state index in [1.165, 1.54) is 12.1 Å². The zero-order valence-corrected chi connectivity index (χ0v) is 14.8. The number of ether oxygens (including phenoxy) is 1. The lowest BCUT2D eigenvalue weighted by molar-refractivity contribution is -0.386. The molecule has 0 aromatic heterocycles. The van der Waals surface area contributed by atoms with Crippen LogP contribution in [0.4, 0.5) is 5.69 Å². The first-order valence-corrected chi connectivity index (χ1v) is 8.82. The summed E-state index contributed by atoms with van der Waals surface area (Å²) in [7, 11) is 0. The van der Waals surface area contributed by atoms with Gasteiger partial charge in [-0.05, 0) is 29.6 Å². The molecular weight excluding hydrogens is 378 g/mol. The van der Waals surface area contributed by atoms with Crippen LogP contribution in [-0.2, 0) is 22.4 Å². The summed E-state index contributed by atoms with van der Waals surface area (Å²) >= 11 is -3.08. The van der Waals surface area contributed by atoms with Crippen molar-refractivity contribution < 1.29 is 33.4 Å². The van der Waals surface area contributed by atoms with E-state index in [9.17, 15) is 33.9 Å². The second-order valence-corrected chi connectivity index (χ2v) is 7.20. The normalized spacial score (nSPS) is 18.9. The van der Waals surface area contributed by atoms with E-state index in [4.69, 9.17) is 4.74 Å². The molecule has 0 radical (unpaired) electrons. The van der Waals surface area contributed by atoms with Crippen molar-refractivity contribution in [1.29, 1.82) is 0 Å². The fourth-order valence-electron chi connectivity index (χ4n) is 3.06. The van der Waals surface area contributed by atoms with E-state index < -0.39 is 38.7 Å². The molecule has 1 heterocycles. The van der Waals surface area contributed by atoms with Crippen molar-refractivity contribution in [3.8, 4) is 5.75 Å². The smallest absolute Gasteiger partial charge is 0.336 e. The number of carbonyl (C=O) groups is 1. The first-order chi connectivity index (χ1) is 12.7. The average Bonchev–Trinajstić information content (AvgIpc) is 3.05. The Labute approximate surface area is 155 Å². The Morgan fingerprint density at radius 1 is 1.30 bits per heavy atom. The number of aryl methyl sites for hydroxylation is 1.